The number of anilines is 2. The second kappa shape index (κ2) is 5.02. The van der Waals surface area contributed by atoms with Gasteiger partial charge >= 0.3 is 6.09 Å². The normalized spacial score (nSPS) is 19.0. The summed E-state index contributed by atoms with van der Waals surface area (Å²) in [6, 6.07) is 7.57. The Morgan fingerprint density at radius 2 is 1.95 bits per heavy atom. The molecule has 2 aliphatic rings. The molecule has 1 aromatic carbocycles. The molecule has 1 aromatic rings. The van der Waals surface area contributed by atoms with Crippen LogP contribution in [-0.4, -0.2) is 35.5 Å². The number of benzene rings is 1. The maximum atomic E-state index is 12.4. The maximum absolute atomic E-state index is 12.4. The van der Waals surface area contributed by atoms with E-state index in [9.17, 15) is 9.59 Å². The number of hydrogen-bond acceptors (Lipinski definition) is 4. The van der Waals surface area contributed by atoms with E-state index in [0.29, 0.717) is 25.9 Å². The number of carbonyl (C=O) groups excluding carboxylic acids is 2. The quantitative estimate of drug-likeness (QED) is 0.711. The topological polar surface area (TPSA) is 70.7 Å². The van der Waals surface area contributed by atoms with E-state index in [-0.39, 0.29) is 5.91 Å². The SMILES string of the molecule is C#COC(=O)N1CCC2(CC1)Nc1ccccc1NC2=O. The number of ether oxygens (including phenoxy) is 1. The fourth-order valence-electron chi connectivity index (χ4n) is 2.80. The average Bonchev–Trinajstić information content (AvgIpc) is 2.49. The highest BCUT2D eigenvalue weighted by molar-refractivity contribution is 6.06. The number of amides is 2. The minimum atomic E-state index is -0.679. The molecular weight excluding hydrogens is 270 g/mol. The third-order valence-corrected chi connectivity index (χ3v) is 4.01. The van der Waals surface area contributed by atoms with Crippen molar-refractivity contribution >= 4 is 23.4 Å². The van der Waals surface area contributed by atoms with Crippen molar-refractivity contribution in [1.29, 1.82) is 0 Å². The van der Waals surface area contributed by atoms with Crippen molar-refractivity contribution in [3.63, 3.8) is 0 Å². The Balaban J connectivity index is 1.75. The van der Waals surface area contributed by atoms with Gasteiger partial charge in [0.05, 0.1) is 11.4 Å². The molecule has 2 N–H and O–H groups in total. The second-order valence-electron chi connectivity index (χ2n) is 5.18. The van der Waals surface area contributed by atoms with Gasteiger partial charge in [0.15, 0.2) is 0 Å². The first kappa shape index (κ1) is 13.3. The molecule has 0 unspecified atom stereocenters. The number of hydrogen-bond donors (Lipinski definition) is 2. The Morgan fingerprint density at radius 3 is 2.62 bits per heavy atom. The van der Waals surface area contributed by atoms with Crippen molar-refractivity contribution in [3.05, 3.63) is 24.3 Å². The summed E-state index contributed by atoms with van der Waals surface area (Å²) in [4.78, 5) is 25.5. The summed E-state index contributed by atoms with van der Waals surface area (Å²) in [5.41, 5.74) is 1.00. The van der Waals surface area contributed by atoms with E-state index in [1.165, 1.54) is 4.90 Å². The molecule has 6 nitrogen and oxygen atoms in total. The minimum absolute atomic E-state index is 0.0637. The number of carbonyl (C=O) groups is 2. The molecule has 21 heavy (non-hydrogen) atoms. The summed E-state index contributed by atoms with van der Waals surface area (Å²) >= 11 is 0. The van der Waals surface area contributed by atoms with Gasteiger partial charge in [-0.15, -0.1) is 0 Å². The molecule has 0 aliphatic carbocycles. The van der Waals surface area contributed by atoms with Crippen LogP contribution in [-0.2, 0) is 9.53 Å². The Kier molecular flexibility index (Phi) is 3.18. The molecule has 0 atom stereocenters. The number of rotatable bonds is 0. The first-order chi connectivity index (χ1) is 10.1. The van der Waals surface area contributed by atoms with Crippen molar-refractivity contribution in [2.24, 2.45) is 0 Å². The summed E-state index contributed by atoms with van der Waals surface area (Å²) in [6.07, 6.45) is 7.30. The van der Waals surface area contributed by atoms with Gasteiger partial charge in [0, 0.05) is 13.1 Å². The Morgan fingerprint density at radius 1 is 1.29 bits per heavy atom. The van der Waals surface area contributed by atoms with Gasteiger partial charge in [-0.05, 0) is 25.0 Å². The van der Waals surface area contributed by atoms with Crippen molar-refractivity contribution in [2.45, 2.75) is 18.4 Å². The molecule has 0 saturated carbocycles. The van der Waals surface area contributed by atoms with Crippen LogP contribution in [0.4, 0.5) is 16.2 Å². The Bertz CT molecular complexity index is 627. The molecule has 1 saturated heterocycles. The predicted octanol–water partition coefficient (Wildman–Crippen LogP) is 1.61. The zero-order valence-electron chi connectivity index (χ0n) is 11.4. The summed E-state index contributed by atoms with van der Waals surface area (Å²) < 4.78 is 4.53. The van der Waals surface area contributed by atoms with Gasteiger partial charge in [0.1, 0.15) is 11.6 Å². The third-order valence-electron chi connectivity index (χ3n) is 4.01. The fourth-order valence-corrected chi connectivity index (χ4v) is 2.80. The number of nitrogens with zero attached hydrogens (tertiary/aromatic N) is 1. The summed E-state index contributed by atoms with van der Waals surface area (Å²) in [6.45, 7) is 0.839. The number of para-hydroxylation sites is 2. The standard InChI is InChI=1S/C15H15N3O3/c1-2-21-14(20)18-9-7-15(8-10-18)13(19)16-11-5-3-4-6-12(11)17-15/h1,3-6,17H,7-10H2,(H,16,19). The zero-order valence-corrected chi connectivity index (χ0v) is 11.4. The van der Waals surface area contributed by atoms with Gasteiger partial charge in [0.25, 0.3) is 0 Å². The molecule has 1 fully saturated rings. The van der Waals surface area contributed by atoms with Crippen LogP contribution in [0.1, 0.15) is 12.8 Å². The van der Waals surface area contributed by atoms with Gasteiger partial charge in [-0.3, -0.25) is 4.79 Å². The predicted molar refractivity (Wildman–Crippen MR) is 77.5 cm³/mol. The number of fused-ring (bicyclic) bond motifs is 1. The minimum Gasteiger partial charge on any atom is -0.369 e. The van der Waals surface area contributed by atoms with Crippen LogP contribution in [0.25, 0.3) is 0 Å². The lowest BCUT2D eigenvalue weighted by molar-refractivity contribution is -0.122. The van der Waals surface area contributed by atoms with E-state index in [2.05, 4.69) is 15.4 Å². The summed E-state index contributed by atoms with van der Waals surface area (Å²) in [5.74, 6) is -0.0637. The number of nitrogens with one attached hydrogen (secondary N) is 2. The van der Waals surface area contributed by atoms with Crippen LogP contribution in [0.15, 0.2) is 24.3 Å². The maximum Gasteiger partial charge on any atom is 0.423 e. The van der Waals surface area contributed by atoms with Crippen LogP contribution in [0, 0.1) is 12.5 Å². The first-order valence-electron chi connectivity index (χ1n) is 6.75. The second-order valence-corrected chi connectivity index (χ2v) is 5.18. The van der Waals surface area contributed by atoms with E-state index in [1.54, 1.807) is 0 Å². The summed E-state index contributed by atoms with van der Waals surface area (Å²) in [5, 5.41) is 6.24. The Labute approximate surface area is 122 Å². The van der Waals surface area contributed by atoms with Crippen molar-refractivity contribution in [2.75, 3.05) is 23.7 Å². The van der Waals surface area contributed by atoms with Crippen LogP contribution in [0.3, 0.4) is 0 Å². The largest absolute Gasteiger partial charge is 0.423 e. The van der Waals surface area contributed by atoms with E-state index in [0.717, 1.165) is 11.4 Å². The van der Waals surface area contributed by atoms with Crippen LogP contribution >= 0.6 is 0 Å². The molecule has 0 radical (unpaired) electrons. The van der Waals surface area contributed by atoms with Crippen molar-refractivity contribution < 1.29 is 14.3 Å². The molecule has 108 valence electrons. The van der Waals surface area contributed by atoms with Gasteiger partial charge in [-0.2, -0.15) is 0 Å². The number of piperidine rings is 1. The lowest BCUT2D eigenvalue weighted by atomic mass is 9.84. The molecule has 1 spiro atoms. The first-order valence-corrected chi connectivity index (χ1v) is 6.75. The molecule has 2 aliphatic heterocycles. The third kappa shape index (κ3) is 2.27. The summed E-state index contributed by atoms with van der Waals surface area (Å²) in [7, 11) is 0. The smallest absolute Gasteiger partial charge is 0.369 e. The monoisotopic (exact) mass is 285 g/mol. The van der Waals surface area contributed by atoms with E-state index in [4.69, 9.17) is 6.42 Å². The number of terminal acetylenes is 1. The molecular formula is C15H15N3O3. The van der Waals surface area contributed by atoms with Gasteiger partial charge < -0.3 is 20.3 Å². The lowest BCUT2D eigenvalue weighted by Crippen LogP contribution is -2.59. The molecule has 2 heterocycles. The van der Waals surface area contributed by atoms with Crippen molar-refractivity contribution in [3.8, 4) is 12.5 Å². The van der Waals surface area contributed by atoms with Crippen molar-refractivity contribution in [1.82, 2.24) is 4.90 Å². The highest BCUT2D eigenvalue weighted by atomic mass is 16.5. The van der Waals surface area contributed by atoms with Crippen LogP contribution in [0.5, 0.6) is 0 Å². The van der Waals surface area contributed by atoms with E-state index >= 15 is 0 Å². The highest BCUT2D eigenvalue weighted by Gasteiger charge is 2.45. The molecule has 6 heteroatoms. The van der Waals surface area contributed by atoms with Gasteiger partial charge in [-0.1, -0.05) is 18.6 Å². The molecule has 3 rings (SSSR count). The molecule has 0 aromatic heterocycles. The van der Waals surface area contributed by atoms with Gasteiger partial charge in [-0.25, -0.2) is 4.79 Å². The number of likely N-dealkylation sites (tertiary alicyclic amines) is 1. The van der Waals surface area contributed by atoms with E-state index in [1.807, 2.05) is 30.4 Å². The van der Waals surface area contributed by atoms with E-state index < -0.39 is 11.6 Å². The Hall–Kier alpha value is -2.68. The average molecular weight is 285 g/mol. The van der Waals surface area contributed by atoms with Crippen LogP contribution < -0.4 is 10.6 Å². The van der Waals surface area contributed by atoms with Crippen LogP contribution in [0.2, 0.25) is 0 Å². The highest BCUT2D eigenvalue weighted by Crippen LogP contribution is 2.36. The molecule has 0 bridgehead atoms. The van der Waals surface area contributed by atoms with Gasteiger partial charge in [0.2, 0.25) is 5.91 Å². The zero-order chi connectivity index (χ0) is 14.9. The lowest BCUT2D eigenvalue weighted by Gasteiger charge is -2.43. The molecule has 2 amide bonds. The fraction of sp³-hybridized carbons (Fsp3) is 0.333.